The molecule has 1 aliphatic rings. The van der Waals surface area contributed by atoms with E-state index in [1.54, 1.807) is 17.0 Å². The Balaban J connectivity index is 1.61. The fraction of sp³-hybridized carbons (Fsp3) is 0.391. The van der Waals surface area contributed by atoms with E-state index in [0.29, 0.717) is 22.3 Å². The number of hydrogen-bond donors (Lipinski definition) is 0. The highest BCUT2D eigenvalue weighted by molar-refractivity contribution is 7.90. The third-order valence-corrected chi connectivity index (χ3v) is 7.98. The van der Waals surface area contributed by atoms with Gasteiger partial charge in [0.05, 0.1) is 28.3 Å². The lowest BCUT2D eigenvalue weighted by atomic mass is 10.2. The number of amides is 1. The lowest BCUT2D eigenvalue weighted by molar-refractivity contribution is 0.0376. The van der Waals surface area contributed by atoms with Gasteiger partial charge in [0.2, 0.25) is 0 Å². The van der Waals surface area contributed by atoms with Gasteiger partial charge in [-0.2, -0.15) is 0 Å². The van der Waals surface area contributed by atoms with E-state index < -0.39 is 9.84 Å². The second-order valence-corrected chi connectivity index (χ2v) is 11.6. The maximum Gasteiger partial charge on any atom is 0.260 e. The van der Waals surface area contributed by atoms with Gasteiger partial charge in [-0.1, -0.05) is 22.9 Å². The highest BCUT2D eigenvalue weighted by Gasteiger charge is 2.23. The zero-order valence-corrected chi connectivity index (χ0v) is 21.0. The maximum absolute atomic E-state index is 13.5. The molecule has 10 heteroatoms. The summed E-state index contributed by atoms with van der Waals surface area (Å²) in [6, 6.07) is 9.78. The van der Waals surface area contributed by atoms with Crippen LogP contribution in [0.1, 0.15) is 22.3 Å². The second kappa shape index (κ2) is 10.1. The Morgan fingerprint density at radius 2 is 1.91 bits per heavy atom. The first-order valence-corrected chi connectivity index (χ1v) is 13.8. The number of fused-ring (bicyclic) bond motifs is 1. The first-order valence-electron chi connectivity index (χ1n) is 10.7. The minimum atomic E-state index is -3.33. The summed E-state index contributed by atoms with van der Waals surface area (Å²) in [5.41, 5.74) is 2.21. The Kier molecular flexibility index (Phi) is 7.35. The molecule has 2 aromatic carbocycles. The zero-order chi connectivity index (χ0) is 23.6. The number of nitrogens with zero attached hydrogens (tertiary/aromatic N) is 3. The Hall–Kier alpha value is -2.04. The predicted molar refractivity (Wildman–Crippen MR) is 132 cm³/mol. The van der Waals surface area contributed by atoms with Crippen molar-refractivity contribution in [1.29, 1.82) is 0 Å². The number of aromatic nitrogens is 1. The van der Waals surface area contributed by atoms with Crippen molar-refractivity contribution in [2.24, 2.45) is 0 Å². The minimum absolute atomic E-state index is 0.183. The van der Waals surface area contributed by atoms with Crippen molar-refractivity contribution in [1.82, 2.24) is 9.88 Å². The van der Waals surface area contributed by atoms with Crippen LogP contribution >= 0.6 is 22.9 Å². The number of carbonyl (C=O) groups is 1. The summed E-state index contributed by atoms with van der Waals surface area (Å²) in [6.07, 6.45) is 1.93. The van der Waals surface area contributed by atoms with Gasteiger partial charge in [0.1, 0.15) is 0 Å². The number of halogens is 1. The average molecular weight is 508 g/mol. The van der Waals surface area contributed by atoms with Crippen LogP contribution in [0.5, 0.6) is 0 Å². The van der Waals surface area contributed by atoms with E-state index in [1.807, 2.05) is 19.1 Å². The zero-order valence-electron chi connectivity index (χ0n) is 18.6. The molecular formula is C23H26ClN3O4S2. The van der Waals surface area contributed by atoms with Crippen LogP contribution in [0.25, 0.3) is 10.2 Å². The molecule has 1 saturated heterocycles. The normalized spacial score (nSPS) is 15.1. The SMILES string of the molecule is Cc1cc(Cl)cc2sc(N(CCCN3CCOCC3)C(=O)c3ccc(S(C)(=O)=O)cc3)nc12. The molecule has 0 bridgehead atoms. The van der Waals surface area contributed by atoms with Crippen LogP contribution in [0, 0.1) is 6.92 Å². The highest BCUT2D eigenvalue weighted by Crippen LogP contribution is 2.33. The number of carbonyl (C=O) groups excluding carboxylic acids is 1. The lowest BCUT2D eigenvalue weighted by Crippen LogP contribution is -2.39. The monoisotopic (exact) mass is 507 g/mol. The molecule has 0 aliphatic carbocycles. The number of morpholine rings is 1. The van der Waals surface area contributed by atoms with Crippen LogP contribution in [0.3, 0.4) is 0 Å². The quantitative estimate of drug-likeness (QED) is 0.480. The third-order valence-electron chi connectivity index (χ3n) is 5.60. The van der Waals surface area contributed by atoms with Crippen LogP contribution in [-0.2, 0) is 14.6 Å². The Morgan fingerprint density at radius 3 is 2.58 bits per heavy atom. The molecule has 0 unspecified atom stereocenters. The van der Waals surface area contributed by atoms with Crippen LogP contribution in [0.15, 0.2) is 41.3 Å². The largest absolute Gasteiger partial charge is 0.379 e. The van der Waals surface area contributed by atoms with Gasteiger partial charge in [0.15, 0.2) is 15.0 Å². The van der Waals surface area contributed by atoms with Crippen molar-refractivity contribution in [2.45, 2.75) is 18.2 Å². The molecular weight excluding hydrogens is 482 g/mol. The summed E-state index contributed by atoms with van der Waals surface area (Å²) in [4.78, 5) is 22.5. The topological polar surface area (TPSA) is 79.8 Å². The van der Waals surface area contributed by atoms with Gasteiger partial charge in [0.25, 0.3) is 5.91 Å². The molecule has 0 radical (unpaired) electrons. The number of rotatable bonds is 7. The summed E-state index contributed by atoms with van der Waals surface area (Å²) in [6.45, 7) is 6.54. The summed E-state index contributed by atoms with van der Waals surface area (Å²) in [5.74, 6) is -0.208. The number of anilines is 1. The molecule has 2 heterocycles. The molecule has 0 saturated carbocycles. The van der Waals surface area contributed by atoms with Crippen LogP contribution in [0.4, 0.5) is 5.13 Å². The number of thiazole rings is 1. The predicted octanol–water partition coefficient (Wildman–Crippen LogP) is 4.03. The van der Waals surface area contributed by atoms with Gasteiger partial charge in [0, 0.05) is 43.0 Å². The molecule has 3 aromatic rings. The molecule has 1 aliphatic heterocycles. The molecule has 1 fully saturated rings. The molecule has 0 N–H and O–H groups in total. The van der Waals surface area contributed by atoms with E-state index in [0.717, 1.165) is 61.3 Å². The number of aryl methyl sites for hydroxylation is 1. The summed E-state index contributed by atoms with van der Waals surface area (Å²) >= 11 is 7.66. The van der Waals surface area contributed by atoms with Gasteiger partial charge in [-0.05, 0) is 55.3 Å². The van der Waals surface area contributed by atoms with Crippen molar-refractivity contribution in [3.05, 3.63) is 52.5 Å². The van der Waals surface area contributed by atoms with Gasteiger partial charge in [-0.3, -0.25) is 14.6 Å². The standard InChI is InChI=1S/C23H26ClN3O4S2/c1-16-14-18(24)15-20-21(16)25-23(32-20)27(9-3-8-26-10-12-31-13-11-26)22(28)17-4-6-19(7-5-17)33(2,29)30/h4-7,14-15H,3,8-13H2,1-2H3. The molecule has 0 spiro atoms. The third kappa shape index (κ3) is 5.73. The highest BCUT2D eigenvalue weighted by atomic mass is 35.5. The van der Waals surface area contributed by atoms with E-state index in [2.05, 4.69) is 4.90 Å². The number of benzene rings is 2. The molecule has 0 atom stereocenters. The Morgan fingerprint density at radius 1 is 1.21 bits per heavy atom. The fourth-order valence-electron chi connectivity index (χ4n) is 3.82. The van der Waals surface area contributed by atoms with Crippen LogP contribution in [0.2, 0.25) is 5.02 Å². The molecule has 1 aromatic heterocycles. The van der Waals surface area contributed by atoms with E-state index in [-0.39, 0.29) is 10.8 Å². The lowest BCUT2D eigenvalue weighted by Gasteiger charge is -2.27. The van der Waals surface area contributed by atoms with E-state index in [4.69, 9.17) is 21.3 Å². The van der Waals surface area contributed by atoms with Crippen LogP contribution in [-0.4, -0.2) is 69.9 Å². The fourth-order valence-corrected chi connectivity index (χ4v) is 5.90. The van der Waals surface area contributed by atoms with Crippen molar-refractivity contribution in [3.8, 4) is 0 Å². The van der Waals surface area contributed by atoms with Gasteiger partial charge >= 0.3 is 0 Å². The molecule has 4 rings (SSSR count). The Labute approximate surface area is 202 Å². The molecule has 7 nitrogen and oxygen atoms in total. The maximum atomic E-state index is 13.5. The molecule has 33 heavy (non-hydrogen) atoms. The first kappa shape index (κ1) is 24.1. The summed E-state index contributed by atoms with van der Waals surface area (Å²) in [5, 5.41) is 1.24. The van der Waals surface area contributed by atoms with Gasteiger partial charge in [-0.25, -0.2) is 13.4 Å². The smallest absolute Gasteiger partial charge is 0.260 e. The van der Waals surface area contributed by atoms with Crippen molar-refractivity contribution < 1.29 is 17.9 Å². The Bertz CT molecular complexity index is 1250. The van der Waals surface area contributed by atoms with E-state index in [1.165, 1.54) is 23.5 Å². The average Bonchev–Trinajstić information content (AvgIpc) is 3.20. The van der Waals surface area contributed by atoms with Crippen molar-refractivity contribution in [2.75, 3.05) is 50.5 Å². The number of hydrogen-bond acceptors (Lipinski definition) is 7. The number of sulfone groups is 1. The molecule has 176 valence electrons. The summed E-state index contributed by atoms with van der Waals surface area (Å²) in [7, 11) is -3.33. The van der Waals surface area contributed by atoms with Crippen molar-refractivity contribution in [3.63, 3.8) is 0 Å². The first-order chi connectivity index (χ1) is 15.7. The minimum Gasteiger partial charge on any atom is -0.379 e. The number of ether oxygens (including phenoxy) is 1. The van der Waals surface area contributed by atoms with Gasteiger partial charge < -0.3 is 4.74 Å². The molecule has 1 amide bonds. The van der Waals surface area contributed by atoms with E-state index >= 15 is 0 Å². The van der Waals surface area contributed by atoms with Crippen LogP contribution < -0.4 is 4.90 Å². The van der Waals surface area contributed by atoms with E-state index in [9.17, 15) is 13.2 Å². The van der Waals surface area contributed by atoms with Crippen molar-refractivity contribution >= 4 is 54.0 Å². The second-order valence-electron chi connectivity index (χ2n) is 8.13. The summed E-state index contributed by atoms with van der Waals surface area (Å²) < 4.78 is 29.9. The van der Waals surface area contributed by atoms with Gasteiger partial charge in [-0.15, -0.1) is 0 Å².